The highest BCUT2D eigenvalue weighted by atomic mass is 35.5. The fourth-order valence-electron chi connectivity index (χ4n) is 2.14. The monoisotopic (exact) mass is 330 g/mol. The van der Waals surface area contributed by atoms with Crippen LogP contribution in [-0.4, -0.2) is 15.6 Å². The molecule has 0 aliphatic carbocycles. The molecule has 0 atom stereocenters. The first-order chi connectivity index (χ1) is 10.6. The molecule has 112 valence electrons. The Morgan fingerprint density at radius 2 is 2.14 bits per heavy atom. The van der Waals surface area contributed by atoms with Crippen LogP contribution in [0.25, 0.3) is 16.2 Å². The molecule has 0 radical (unpaired) electrons. The van der Waals surface area contributed by atoms with Crippen LogP contribution in [0.5, 0.6) is 0 Å². The smallest absolute Gasteiger partial charge is 0.189 e. The summed E-state index contributed by atoms with van der Waals surface area (Å²) in [6.45, 7) is 4.04. The Bertz CT molecular complexity index is 861. The fraction of sp³-hybridized carbons (Fsp3) is 0.176. The Hall–Kier alpha value is -1.91. The van der Waals surface area contributed by atoms with Crippen molar-refractivity contribution in [1.82, 2.24) is 9.78 Å². The maximum Gasteiger partial charge on any atom is 0.189 e. The lowest BCUT2D eigenvalue weighted by Gasteiger charge is -2.02. The molecule has 3 aromatic rings. The van der Waals surface area contributed by atoms with Gasteiger partial charge >= 0.3 is 0 Å². The zero-order valence-electron chi connectivity index (χ0n) is 12.3. The second kappa shape index (κ2) is 6.07. The molecule has 2 heterocycles. The molecule has 0 N–H and O–H groups in total. The third kappa shape index (κ3) is 2.85. The molecule has 0 aliphatic rings. The van der Waals surface area contributed by atoms with Crippen LogP contribution in [0.4, 0.5) is 0 Å². The summed E-state index contributed by atoms with van der Waals surface area (Å²) in [5, 5.41) is 5.90. The number of aromatic nitrogens is 2. The van der Waals surface area contributed by atoms with E-state index in [0.29, 0.717) is 10.6 Å². The minimum absolute atomic E-state index is 0.0691. The predicted octanol–water partition coefficient (Wildman–Crippen LogP) is 5.23. The van der Waals surface area contributed by atoms with Crippen LogP contribution < -0.4 is 0 Å². The van der Waals surface area contributed by atoms with Gasteiger partial charge in [-0.3, -0.25) is 9.48 Å². The van der Waals surface area contributed by atoms with Crippen LogP contribution in [0.2, 0.25) is 5.02 Å². The molecule has 0 saturated heterocycles. The summed E-state index contributed by atoms with van der Waals surface area (Å²) in [5.74, 6) is -0.0691. The summed E-state index contributed by atoms with van der Waals surface area (Å²) in [4.78, 5) is 13.1. The first-order valence-corrected chi connectivity index (χ1v) is 8.19. The molecule has 0 bridgehead atoms. The second-order valence-electron chi connectivity index (χ2n) is 5.28. The molecular weight excluding hydrogens is 316 g/mol. The first-order valence-electron chi connectivity index (χ1n) is 7.00. The van der Waals surface area contributed by atoms with Crippen LogP contribution in [0, 0.1) is 0 Å². The molecular formula is C17H15ClN2OS. The Balaban J connectivity index is 1.85. The van der Waals surface area contributed by atoms with Gasteiger partial charge in [-0.25, -0.2) is 0 Å². The van der Waals surface area contributed by atoms with Crippen molar-refractivity contribution in [3.63, 3.8) is 0 Å². The van der Waals surface area contributed by atoms with Gasteiger partial charge in [0.15, 0.2) is 5.78 Å². The topological polar surface area (TPSA) is 34.9 Å². The fourth-order valence-corrected chi connectivity index (χ4v) is 3.53. The van der Waals surface area contributed by atoms with E-state index in [1.807, 2.05) is 38.1 Å². The highest BCUT2D eigenvalue weighted by molar-refractivity contribution is 7.20. The number of hydrogen-bond acceptors (Lipinski definition) is 3. The zero-order valence-corrected chi connectivity index (χ0v) is 13.9. The van der Waals surface area contributed by atoms with E-state index in [2.05, 4.69) is 5.10 Å². The average Bonchev–Trinajstić information content (AvgIpc) is 3.11. The van der Waals surface area contributed by atoms with E-state index < -0.39 is 0 Å². The standard InChI is InChI=1S/C17H15ClN2OS/c1-11(2)20-10-12(9-19-20)14(21)7-8-16-17(18)13-5-3-4-6-15(13)22-16/h3-11H,1-2H3. The van der Waals surface area contributed by atoms with Gasteiger partial charge in [0.2, 0.25) is 0 Å². The third-order valence-corrected chi connectivity index (χ3v) is 5.02. The molecule has 0 saturated carbocycles. The van der Waals surface area contributed by atoms with Crippen molar-refractivity contribution < 1.29 is 4.79 Å². The quantitative estimate of drug-likeness (QED) is 0.485. The largest absolute Gasteiger partial charge is 0.289 e. The molecule has 5 heteroatoms. The zero-order chi connectivity index (χ0) is 15.7. The van der Waals surface area contributed by atoms with Crippen LogP contribution in [0.3, 0.4) is 0 Å². The lowest BCUT2D eigenvalue weighted by molar-refractivity contribution is 0.104. The van der Waals surface area contributed by atoms with Crippen molar-refractivity contribution >= 4 is 44.9 Å². The van der Waals surface area contributed by atoms with Crippen LogP contribution >= 0.6 is 22.9 Å². The van der Waals surface area contributed by atoms with Crippen molar-refractivity contribution in [1.29, 1.82) is 0 Å². The number of ketones is 1. The minimum atomic E-state index is -0.0691. The van der Waals surface area contributed by atoms with Crippen molar-refractivity contribution in [3.05, 3.63) is 58.2 Å². The number of rotatable bonds is 4. The normalized spacial score (nSPS) is 11.8. The minimum Gasteiger partial charge on any atom is -0.289 e. The number of halogens is 1. The van der Waals surface area contributed by atoms with Crippen LogP contribution in [0.15, 0.2) is 42.7 Å². The highest BCUT2D eigenvalue weighted by Crippen LogP contribution is 2.35. The van der Waals surface area contributed by atoms with E-state index in [1.165, 1.54) is 0 Å². The van der Waals surface area contributed by atoms with Gasteiger partial charge in [0.1, 0.15) is 0 Å². The highest BCUT2D eigenvalue weighted by Gasteiger charge is 2.10. The maximum absolute atomic E-state index is 12.2. The van der Waals surface area contributed by atoms with Crippen LogP contribution in [-0.2, 0) is 0 Å². The Morgan fingerprint density at radius 3 is 2.82 bits per heavy atom. The van der Waals surface area contributed by atoms with E-state index in [-0.39, 0.29) is 11.8 Å². The number of hydrogen-bond donors (Lipinski definition) is 0. The third-order valence-electron chi connectivity index (χ3n) is 3.36. The van der Waals surface area contributed by atoms with Crippen molar-refractivity contribution in [3.8, 4) is 0 Å². The van der Waals surface area contributed by atoms with Gasteiger partial charge in [-0.1, -0.05) is 29.8 Å². The van der Waals surface area contributed by atoms with Gasteiger partial charge in [-0.15, -0.1) is 11.3 Å². The van der Waals surface area contributed by atoms with Crippen molar-refractivity contribution in [2.75, 3.05) is 0 Å². The molecule has 1 aromatic carbocycles. The predicted molar refractivity (Wildman–Crippen MR) is 92.8 cm³/mol. The summed E-state index contributed by atoms with van der Waals surface area (Å²) in [6.07, 6.45) is 6.70. The Morgan fingerprint density at radius 1 is 1.36 bits per heavy atom. The van der Waals surface area contributed by atoms with Crippen LogP contribution in [0.1, 0.15) is 35.1 Å². The van der Waals surface area contributed by atoms with Gasteiger partial charge in [-0.05, 0) is 32.1 Å². The summed E-state index contributed by atoms with van der Waals surface area (Å²) in [6, 6.07) is 8.19. The molecule has 0 aliphatic heterocycles. The number of nitrogens with zero attached hydrogens (tertiary/aromatic N) is 2. The lowest BCUT2D eigenvalue weighted by Crippen LogP contribution is -2.00. The molecule has 3 nitrogen and oxygen atoms in total. The summed E-state index contributed by atoms with van der Waals surface area (Å²) in [5.41, 5.74) is 0.585. The molecule has 3 rings (SSSR count). The maximum atomic E-state index is 12.2. The van der Waals surface area contributed by atoms with Gasteiger partial charge in [0.25, 0.3) is 0 Å². The second-order valence-corrected chi connectivity index (χ2v) is 6.74. The number of thiophene rings is 1. The van der Waals surface area contributed by atoms with E-state index in [9.17, 15) is 4.79 Å². The number of carbonyl (C=O) groups excluding carboxylic acids is 1. The van der Waals surface area contributed by atoms with E-state index >= 15 is 0 Å². The number of benzene rings is 1. The molecule has 0 unspecified atom stereocenters. The van der Waals surface area contributed by atoms with E-state index in [0.717, 1.165) is 15.0 Å². The van der Waals surface area contributed by atoms with Crippen molar-refractivity contribution in [2.45, 2.75) is 19.9 Å². The molecule has 2 aromatic heterocycles. The Kier molecular flexibility index (Phi) is 4.14. The SMILES string of the molecule is CC(C)n1cc(C(=O)C=Cc2sc3ccccc3c2Cl)cn1. The Labute approximate surface area is 137 Å². The van der Waals surface area contributed by atoms with Crippen molar-refractivity contribution in [2.24, 2.45) is 0 Å². The molecule has 0 fully saturated rings. The molecule has 0 amide bonds. The molecule has 0 spiro atoms. The number of carbonyl (C=O) groups is 1. The lowest BCUT2D eigenvalue weighted by atomic mass is 10.2. The summed E-state index contributed by atoms with van der Waals surface area (Å²) in [7, 11) is 0. The van der Waals surface area contributed by atoms with E-state index in [1.54, 1.807) is 40.6 Å². The first kappa shape index (κ1) is 15.0. The average molecular weight is 331 g/mol. The van der Waals surface area contributed by atoms with Gasteiger partial charge in [-0.2, -0.15) is 5.10 Å². The molecule has 22 heavy (non-hydrogen) atoms. The summed E-state index contributed by atoms with van der Waals surface area (Å²) >= 11 is 7.94. The van der Waals surface area contributed by atoms with Gasteiger partial charge < -0.3 is 0 Å². The number of allylic oxidation sites excluding steroid dienone is 1. The van der Waals surface area contributed by atoms with Gasteiger partial charge in [0.05, 0.1) is 16.8 Å². The van der Waals surface area contributed by atoms with E-state index in [4.69, 9.17) is 11.6 Å². The van der Waals surface area contributed by atoms with Gasteiger partial charge in [0, 0.05) is 27.2 Å². The number of fused-ring (bicyclic) bond motifs is 1. The summed E-state index contributed by atoms with van der Waals surface area (Å²) < 4.78 is 2.89.